The molecule has 0 unspecified atom stereocenters. The van der Waals surface area contributed by atoms with Crippen molar-refractivity contribution in [1.29, 1.82) is 0 Å². The van der Waals surface area contributed by atoms with Crippen molar-refractivity contribution in [2.75, 3.05) is 17.7 Å². The highest BCUT2D eigenvalue weighted by Crippen LogP contribution is 2.28. The molecule has 0 aliphatic carbocycles. The fourth-order valence-electron chi connectivity index (χ4n) is 2.91. The molecule has 0 fully saturated rings. The van der Waals surface area contributed by atoms with Crippen molar-refractivity contribution in [2.24, 2.45) is 0 Å². The fraction of sp³-hybridized carbons (Fsp3) is 0.136. The van der Waals surface area contributed by atoms with E-state index < -0.39 is 0 Å². The van der Waals surface area contributed by atoms with E-state index in [4.69, 9.17) is 0 Å². The molecule has 0 aliphatic heterocycles. The van der Waals surface area contributed by atoms with E-state index >= 15 is 0 Å². The third-order valence-corrected chi connectivity index (χ3v) is 6.30. The molecule has 0 saturated heterocycles. The number of anilines is 1. The van der Waals surface area contributed by atoms with Crippen LogP contribution in [0.5, 0.6) is 0 Å². The number of nitrogens with zero attached hydrogens (tertiary/aromatic N) is 4. The molecular formula is C22H20N4OS2. The van der Waals surface area contributed by atoms with Gasteiger partial charge in [-0.05, 0) is 29.1 Å². The van der Waals surface area contributed by atoms with Gasteiger partial charge in [-0.25, -0.2) is 0 Å². The lowest BCUT2D eigenvalue weighted by Crippen LogP contribution is -2.28. The van der Waals surface area contributed by atoms with Crippen molar-refractivity contribution in [3.63, 3.8) is 0 Å². The van der Waals surface area contributed by atoms with E-state index in [2.05, 4.69) is 26.9 Å². The third kappa shape index (κ3) is 4.58. The maximum Gasteiger partial charge on any atom is 0.237 e. The Morgan fingerprint density at radius 3 is 2.41 bits per heavy atom. The Morgan fingerprint density at radius 2 is 1.72 bits per heavy atom. The number of benzene rings is 2. The lowest BCUT2D eigenvalue weighted by atomic mass is 10.2. The predicted octanol–water partition coefficient (Wildman–Crippen LogP) is 4.81. The molecule has 0 atom stereocenters. The molecule has 0 radical (unpaired) electrons. The summed E-state index contributed by atoms with van der Waals surface area (Å²) < 4.78 is 2.08. The van der Waals surface area contributed by atoms with Crippen LogP contribution in [0, 0.1) is 0 Å². The molecule has 0 spiro atoms. The first-order valence-corrected chi connectivity index (χ1v) is 11.0. The standard InChI is InChI=1S/C22H20N4OS2/c1-25(18-11-6-3-7-12-18)20(27)16-29-22-24-23-21(19-13-8-14-28-19)26(22)15-17-9-4-2-5-10-17/h2-14H,15-16H2,1H3. The van der Waals surface area contributed by atoms with Crippen molar-refractivity contribution in [2.45, 2.75) is 11.7 Å². The molecule has 29 heavy (non-hydrogen) atoms. The van der Waals surface area contributed by atoms with E-state index in [9.17, 15) is 4.79 Å². The molecule has 146 valence electrons. The largest absolute Gasteiger partial charge is 0.315 e. The van der Waals surface area contributed by atoms with Gasteiger partial charge < -0.3 is 4.90 Å². The molecule has 4 rings (SSSR count). The summed E-state index contributed by atoms with van der Waals surface area (Å²) in [5, 5.41) is 11.6. The molecule has 0 aliphatic rings. The second kappa shape index (κ2) is 9.07. The van der Waals surface area contributed by atoms with Gasteiger partial charge in [-0.1, -0.05) is 66.4 Å². The molecule has 2 heterocycles. The average molecular weight is 421 g/mol. The number of aromatic nitrogens is 3. The number of thiophene rings is 1. The van der Waals surface area contributed by atoms with Gasteiger partial charge in [-0.15, -0.1) is 21.5 Å². The second-order valence-corrected chi connectivity index (χ2v) is 8.32. The molecular weight excluding hydrogens is 400 g/mol. The number of hydrogen-bond donors (Lipinski definition) is 0. The van der Waals surface area contributed by atoms with Crippen molar-refractivity contribution >= 4 is 34.7 Å². The quantitative estimate of drug-likeness (QED) is 0.403. The van der Waals surface area contributed by atoms with Crippen LogP contribution in [-0.2, 0) is 11.3 Å². The van der Waals surface area contributed by atoms with E-state index in [0.29, 0.717) is 12.3 Å². The molecule has 1 amide bonds. The monoisotopic (exact) mass is 420 g/mol. The van der Waals surface area contributed by atoms with Gasteiger partial charge in [0.1, 0.15) is 0 Å². The van der Waals surface area contributed by atoms with Crippen LogP contribution < -0.4 is 4.90 Å². The Hall–Kier alpha value is -2.90. The normalized spacial score (nSPS) is 10.8. The van der Waals surface area contributed by atoms with Gasteiger partial charge >= 0.3 is 0 Å². The minimum atomic E-state index is 0.0214. The molecule has 7 heteroatoms. The van der Waals surface area contributed by atoms with Crippen LogP contribution in [-0.4, -0.2) is 33.5 Å². The summed E-state index contributed by atoms with van der Waals surface area (Å²) in [5.74, 6) is 1.14. The summed E-state index contributed by atoms with van der Waals surface area (Å²) >= 11 is 3.05. The minimum Gasteiger partial charge on any atom is -0.315 e. The molecule has 2 aromatic heterocycles. The lowest BCUT2D eigenvalue weighted by Gasteiger charge is -2.17. The van der Waals surface area contributed by atoms with Gasteiger partial charge in [0.25, 0.3) is 0 Å². The van der Waals surface area contributed by atoms with Crippen LogP contribution in [0.3, 0.4) is 0 Å². The zero-order valence-corrected chi connectivity index (χ0v) is 17.6. The van der Waals surface area contributed by atoms with E-state index in [1.165, 1.54) is 17.3 Å². The number of carbonyl (C=O) groups excluding carboxylic acids is 1. The Balaban J connectivity index is 1.54. The van der Waals surface area contributed by atoms with E-state index in [-0.39, 0.29) is 5.91 Å². The Kier molecular flexibility index (Phi) is 6.07. The van der Waals surface area contributed by atoms with E-state index in [1.54, 1.807) is 23.3 Å². The van der Waals surface area contributed by atoms with Crippen molar-refractivity contribution in [3.05, 3.63) is 83.7 Å². The maximum absolute atomic E-state index is 12.7. The highest BCUT2D eigenvalue weighted by atomic mass is 32.2. The number of para-hydroxylation sites is 1. The SMILES string of the molecule is CN(C(=O)CSc1nnc(-c2cccs2)n1Cc1ccccc1)c1ccccc1. The summed E-state index contributed by atoms with van der Waals surface area (Å²) in [5.41, 5.74) is 2.04. The number of carbonyl (C=O) groups is 1. The average Bonchev–Trinajstić information content (AvgIpc) is 3.43. The molecule has 4 aromatic rings. The molecule has 0 bridgehead atoms. The van der Waals surface area contributed by atoms with E-state index in [1.807, 2.05) is 66.0 Å². The molecule has 2 aromatic carbocycles. The highest BCUT2D eigenvalue weighted by molar-refractivity contribution is 7.99. The Morgan fingerprint density at radius 1 is 1.00 bits per heavy atom. The van der Waals surface area contributed by atoms with Gasteiger partial charge in [0, 0.05) is 12.7 Å². The topological polar surface area (TPSA) is 51.0 Å². The summed E-state index contributed by atoms with van der Waals surface area (Å²) in [6.45, 7) is 0.659. The number of rotatable bonds is 7. The lowest BCUT2D eigenvalue weighted by molar-refractivity contribution is -0.115. The van der Waals surface area contributed by atoms with Crippen LogP contribution >= 0.6 is 23.1 Å². The second-order valence-electron chi connectivity index (χ2n) is 6.43. The first kappa shape index (κ1) is 19.4. The van der Waals surface area contributed by atoms with Crippen LogP contribution in [0.2, 0.25) is 0 Å². The zero-order valence-electron chi connectivity index (χ0n) is 15.9. The van der Waals surface area contributed by atoms with Gasteiger partial charge in [0.15, 0.2) is 11.0 Å². The number of hydrogen-bond acceptors (Lipinski definition) is 5. The molecule has 0 saturated carbocycles. The van der Waals surface area contributed by atoms with Crippen molar-refractivity contribution < 1.29 is 4.79 Å². The number of thioether (sulfide) groups is 1. The van der Waals surface area contributed by atoms with Gasteiger partial charge in [0.05, 0.1) is 17.2 Å². The first-order valence-electron chi connectivity index (χ1n) is 9.18. The summed E-state index contributed by atoms with van der Waals surface area (Å²) in [4.78, 5) is 15.4. The van der Waals surface area contributed by atoms with Crippen LogP contribution in [0.1, 0.15) is 5.56 Å². The highest BCUT2D eigenvalue weighted by Gasteiger charge is 2.18. The third-order valence-electron chi connectivity index (χ3n) is 4.48. The zero-order chi connectivity index (χ0) is 20.1. The van der Waals surface area contributed by atoms with Crippen LogP contribution in [0.15, 0.2) is 83.3 Å². The van der Waals surface area contributed by atoms with Crippen molar-refractivity contribution in [1.82, 2.24) is 14.8 Å². The van der Waals surface area contributed by atoms with Crippen LogP contribution in [0.25, 0.3) is 10.7 Å². The number of amides is 1. The van der Waals surface area contributed by atoms with Gasteiger partial charge in [-0.2, -0.15) is 0 Å². The summed E-state index contributed by atoms with van der Waals surface area (Å²) in [6.07, 6.45) is 0. The smallest absolute Gasteiger partial charge is 0.237 e. The summed E-state index contributed by atoms with van der Waals surface area (Å²) in [7, 11) is 1.80. The van der Waals surface area contributed by atoms with Gasteiger partial charge in [-0.3, -0.25) is 9.36 Å². The first-order chi connectivity index (χ1) is 14.2. The molecule has 5 nitrogen and oxygen atoms in total. The van der Waals surface area contributed by atoms with Crippen LogP contribution in [0.4, 0.5) is 5.69 Å². The molecule has 0 N–H and O–H groups in total. The Labute approximate surface area is 178 Å². The minimum absolute atomic E-state index is 0.0214. The van der Waals surface area contributed by atoms with Gasteiger partial charge in [0.2, 0.25) is 5.91 Å². The van der Waals surface area contributed by atoms with Crippen molar-refractivity contribution in [3.8, 4) is 10.7 Å². The fourth-order valence-corrected chi connectivity index (χ4v) is 4.48. The van der Waals surface area contributed by atoms with E-state index in [0.717, 1.165) is 21.5 Å². The summed E-state index contributed by atoms with van der Waals surface area (Å²) in [6, 6.07) is 23.9. The maximum atomic E-state index is 12.7. The predicted molar refractivity (Wildman–Crippen MR) is 119 cm³/mol. The Bertz CT molecular complexity index is 1060.